The molecule has 5 nitrogen and oxygen atoms in total. The van der Waals surface area contributed by atoms with E-state index < -0.39 is 11.6 Å². The SMILES string of the molecule is O=C1N[C@]2(CCOc3ccccc32)C(=O)N1Cc1cccc(Cl)c1. The summed E-state index contributed by atoms with van der Waals surface area (Å²) >= 11 is 5.99. The molecule has 24 heavy (non-hydrogen) atoms. The summed E-state index contributed by atoms with van der Waals surface area (Å²) in [6.45, 7) is 0.573. The molecule has 0 bridgehead atoms. The van der Waals surface area contributed by atoms with E-state index in [2.05, 4.69) is 5.32 Å². The van der Waals surface area contributed by atoms with Crippen molar-refractivity contribution in [3.05, 3.63) is 64.7 Å². The lowest BCUT2D eigenvalue weighted by molar-refractivity contribution is -0.133. The Hall–Kier alpha value is -2.53. The van der Waals surface area contributed by atoms with E-state index in [-0.39, 0.29) is 12.5 Å². The lowest BCUT2D eigenvalue weighted by Gasteiger charge is -2.33. The largest absolute Gasteiger partial charge is 0.493 e. The summed E-state index contributed by atoms with van der Waals surface area (Å²) < 4.78 is 5.62. The van der Waals surface area contributed by atoms with E-state index >= 15 is 0 Å². The van der Waals surface area contributed by atoms with Gasteiger partial charge in [-0.25, -0.2) is 4.79 Å². The zero-order valence-electron chi connectivity index (χ0n) is 12.8. The Bertz CT molecular complexity index is 839. The van der Waals surface area contributed by atoms with Crippen molar-refractivity contribution in [1.29, 1.82) is 0 Å². The van der Waals surface area contributed by atoms with Crippen LogP contribution >= 0.6 is 11.6 Å². The van der Waals surface area contributed by atoms with Crippen molar-refractivity contribution in [2.75, 3.05) is 6.61 Å². The number of carbonyl (C=O) groups is 2. The summed E-state index contributed by atoms with van der Waals surface area (Å²) in [5.74, 6) is 0.394. The van der Waals surface area contributed by atoms with Crippen LogP contribution in [0.1, 0.15) is 17.5 Å². The number of benzene rings is 2. The number of fused-ring (bicyclic) bond motifs is 2. The van der Waals surface area contributed by atoms with Gasteiger partial charge in [-0.1, -0.05) is 41.9 Å². The summed E-state index contributed by atoms with van der Waals surface area (Å²) in [4.78, 5) is 26.8. The van der Waals surface area contributed by atoms with Gasteiger partial charge in [0.1, 0.15) is 5.75 Å². The van der Waals surface area contributed by atoms with Gasteiger partial charge in [-0.2, -0.15) is 0 Å². The summed E-state index contributed by atoms with van der Waals surface area (Å²) in [7, 11) is 0. The van der Waals surface area contributed by atoms with Crippen LogP contribution in [0.25, 0.3) is 0 Å². The molecule has 1 fully saturated rings. The molecule has 1 N–H and O–H groups in total. The van der Waals surface area contributed by atoms with Crippen molar-refractivity contribution in [3.8, 4) is 5.75 Å². The van der Waals surface area contributed by atoms with Gasteiger partial charge in [0, 0.05) is 17.0 Å². The Kier molecular flexibility index (Phi) is 3.46. The van der Waals surface area contributed by atoms with Crippen molar-refractivity contribution in [3.63, 3.8) is 0 Å². The molecule has 0 saturated carbocycles. The average molecular weight is 343 g/mol. The number of nitrogens with zero attached hydrogens (tertiary/aromatic N) is 1. The van der Waals surface area contributed by atoms with Gasteiger partial charge in [-0.3, -0.25) is 9.69 Å². The second kappa shape index (κ2) is 5.53. The van der Waals surface area contributed by atoms with Crippen molar-refractivity contribution in [1.82, 2.24) is 10.2 Å². The minimum absolute atomic E-state index is 0.190. The maximum absolute atomic E-state index is 13.1. The summed E-state index contributed by atoms with van der Waals surface area (Å²) in [5.41, 5.74) is 0.483. The molecular weight excluding hydrogens is 328 g/mol. The first kappa shape index (κ1) is 15.0. The monoisotopic (exact) mass is 342 g/mol. The molecule has 4 rings (SSSR count). The number of para-hydroxylation sites is 1. The molecule has 0 aromatic heterocycles. The summed E-state index contributed by atoms with van der Waals surface area (Å²) in [6.07, 6.45) is 0.417. The fraction of sp³-hybridized carbons (Fsp3) is 0.222. The molecule has 0 radical (unpaired) electrons. The van der Waals surface area contributed by atoms with Crippen LogP contribution in [0.5, 0.6) is 5.75 Å². The highest BCUT2D eigenvalue weighted by molar-refractivity contribution is 6.30. The number of carbonyl (C=O) groups excluding carboxylic acids is 2. The fourth-order valence-corrected chi connectivity index (χ4v) is 3.55. The number of ether oxygens (including phenoxy) is 1. The van der Waals surface area contributed by atoms with Gasteiger partial charge in [-0.05, 0) is 23.8 Å². The number of hydrogen-bond donors (Lipinski definition) is 1. The highest BCUT2D eigenvalue weighted by Gasteiger charge is 2.54. The van der Waals surface area contributed by atoms with Crippen molar-refractivity contribution in [2.24, 2.45) is 0 Å². The van der Waals surface area contributed by atoms with E-state index in [4.69, 9.17) is 16.3 Å². The summed E-state index contributed by atoms with van der Waals surface area (Å²) in [5, 5.41) is 3.46. The molecule has 1 saturated heterocycles. The predicted octanol–water partition coefficient (Wildman–Crippen LogP) is 3.07. The van der Waals surface area contributed by atoms with Crippen molar-refractivity contribution in [2.45, 2.75) is 18.5 Å². The van der Waals surface area contributed by atoms with Crippen LogP contribution in [-0.2, 0) is 16.9 Å². The molecule has 6 heteroatoms. The highest BCUT2D eigenvalue weighted by Crippen LogP contribution is 2.41. The molecule has 2 aromatic rings. The van der Waals surface area contributed by atoms with Gasteiger partial charge in [0.25, 0.3) is 5.91 Å². The van der Waals surface area contributed by atoms with Gasteiger partial charge in [0.15, 0.2) is 5.54 Å². The Morgan fingerprint density at radius 3 is 2.83 bits per heavy atom. The van der Waals surface area contributed by atoms with Crippen LogP contribution in [0.3, 0.4) is 0 Å². The Labute approximate surface area is 144 Å². The van der Waals surface area contributed by atoms with Crippen LogP contribution in [-0.4, -0.2) is 23.4 Å². The Morgan fingerprint density at radius 2 is 2.00 bits per heavy atom. The maximum Gasteiger partial charge on any atom is 0.325 e. The number of imide groups is 1. The van der Waals surface area contributed by atoms with E-state index in [0.717, 1.165) is 5.56 Å². The summed E-state index contributed by atoms with van der Waals surface area (Å²) in [6, 6.07) is 14.1. The minimum atomic E-state index is -1.04. The van der Waals surface area contributed by atoms with E-state index in [0.29, 0.717) is 29.4 Å². The molecule has 0 aliphatic carbocycles. The van der Waals surface area contributed by atoms with Crippen LogP contribution in [0.2, 0.25) is 5.02 Å². The number of halogens is 1. The van der Waals surface area contributed by atoms with E-state index in [1.54, 1.807) is 18.2 Å². The number of nitrogens with one attached hydrogen (secondary N) is 1. The Morgan fingerprint density at radius 1 is 1.17 bits per heavy atom. The standard InChI is InChI=1S/C18H15ClN2O3/c19-13-5-3-4-12(10-13)11-21-16(22)18(20-17(21)23)8-9-24-15-7-2-1-6-14(15)18/h1-7,10H,8-9,11H2,(H,20,23)/t18-/m0/s1. The topological polar surface area (TPSA) is 58.6 Å². The lowest BCUT2D eigenvalue weighted by Crippen LogP contribution is -2.47. The predicted molar refractivity (Wildman–Crippen MR) is 88.8 cm³/mol. The second-order valence-electron chi connectivity index (χ2n) is 5.95. The van der Waals surface area contributed by atoms with Crippen LogP contribution in [0.4, 0.5) is 4.79 Å². The van der Waals surface area contributed by atoms with Crippen molar-refractivity contribution >= 4 is 23.5 Å². The fourth-order valence-electron chi connectivity index (χ4n) is 3.33. The molecule has 1 spiro atoms. The molecular formula is C18H15ClN2O3. The molecule has 2 aliphatic rings. The number of hydrogen-bond acceptors (Lipinski definition) is 3. The molecule has 2 aromatic carbocycles. The van der Waals surface area contributed by atoms with E-state index in [1.807, 2.05) is 30.3 Å². The van der Waals surface area contributed by atoms with Crippen LogP contribution < -0.4 is 10.1 Å². The van der Waals surface area contributed by atoms with Gasteiger partial charge in [0.05, 0.1) is 13.2 Å². The average Bonchev–Trinajstić information content (AvgIpc) is 2.80. The van der Waals surface area contributed by atoms with Gasteiger partial charge < -0.3 is 10.1 Å². The van der Waals surface area contributed by atoms with Crippen LogP contribution in [0, 0.1) is 0 Å². The third-order valence-electron chi connectivity index (χ3n) is 4.49. The quantitative estimate of drug-likeness (QED) is 0.853. The van der Waals surface area contributed by atoms with Gasteiger partial charge >= 0.3 is 6.03 Å². The highest BCUT2D eigenvalue weighted by atomic mass is 35.5. The van der Waals surface area contributed by atoms with Crippen molar-refractivity contribution < 1.29 is 14.3 Å². The minimum Gasteiger partial charge on any atom is -0.493 e. The molecule has 0 unspecified atom stereocenters. The first-order valence-corrected chi connectivity index (χ1v) is 8.09. The normalized spacial score (nSPS) is 22.3. The molecule has 2 aliphatic heterocycles. The molecule has 2 heterocycles. The van der Waals surface area contributed by atoms with E-state index in [1.165, 1.54) is 4.90 Å². The first-order valence-electron chi connectivity index (χ1n) is 7.71. The number of amides is 3. The van der Waals surface area contributed by atoms with Gasteiger partial charge in [0.2, 0.25) is 0 Å². The third kappa shape index (κ3) is 2.24. The van der Waals surface area contributed by atoms with Gasteiger partial charge in [-0.15, -0.1) is 0 Å². The van der Waals surface area contributed by atoms with E-state index in [9.17, 15) is 9.59 Å². The molecule has 3 amide bonds. The zero-order valence-corrected chi connectivity index (χ0v) is 13.5. The van der Waals surface area contributed by atoms with Crippen LogP contribution in [0.15, 0.2) is 48.5 Å². The number of rotatable bonds is 2. The number of urea groups is 1. The third-order valence-corrected chi connectivity index (χ3v) is 4.72. The first-order chi connectivity index (χ1) is 11.6. The zero-order chi connectivity index (χ0) is 16.7. The second-order valence-corrected chi connectivity index (χ2v) is 6.39. The molecule has 1 atom stereocenters. The Balaban J connectivity index is 1.70. The molecule has 122 valence electrons. The lowest BCUT2D eigenvalue weighted by atomic mass is 9.84. The maximum atomic E-state index is 13.1. The smallest absolute Gasteiger partial charge is 0.325 e.